The Kier molecular flexibility index (Phi) is 6.11. The molecule has 0 aromatic heterocycles. The standard InChI is InChI=1S/C22H16Cl2O2/c23-18-9-12-21(24)20(14-18)22(25)13-8-16-6-10-19(11-7-16)26-15-17-4-2-1-3-5-17/h1-14H,15H2/b13-8+. The second kappa shape index (κ2) is 8.70. The zero-order valence-electron chi connectivity index (χ0n) is 13.9. The lowest BCUT2D eigenvalue weighted by molar-refractivity contribution is 0.104. The molecule has 0 saturated carbocycles. The molecular weight excluding hydrogens is 367 g/mol. The van der Waals surface area contributed by atoms with Crippen LogP contribution in [-0.2, 0) is 6.61 Å². The van der Waals surface area contributed by atoms with E-state index < -0.39 is 0 Å². The minimum Gasteiger partial charge on any atom is -0.489 e. The predicted molar refractivity (Wildman–Crippen MR) is 107 cm³/mol. The summed E-state index contributed by atoms with van der Waals surface area (Å²) in [7, 11) is 0. The van der Waals surface area contributed by atoms with Crippen LogP contribution in [0.15, 0.2) is 78.9 Å². The molecule has 0 aliphatic carbocycles. The molecule has 0 fully saturated rings. The van der Waals surface area contributed by atoms with E-state index in [0.29, 0.717) is 22.2 Å². The van der Waals surface area contributed by atoms with Crippen LogP contribution in [0.1, 0.15) is 21.5 Å². The molecule has 2 nitrogen and oxygen atoms in total. The summed E-state index contributed by atoms with van der Waals surface area (Å²) in [6.45, 7) is 0.516. The van der Waals surface area contributed by atoms with Gasteiger partial charge in [0.15, 0.2) is 5.78 Å². The highest BCUT2D eigenvalue weighted by Crippen LogP contribution is 2.22. The number of halogens is 2. The lowest BCUT2D eigenvalue weighted by atomic mass is 10.1. The van der Waals surface area contributed by atoms with Crippen molar-refractivity contribution >= 4 is 35.1 Å². The van der Waals surface area contributed by atoms with Crippen molar-refractivity contribution in [2.24, 2.45) is 0 Å². The summed E-state index contributed by atoms with van der Waals surface area (Å²) in [6.07, 6.45) is 3.22. The first kappa shape index (κ1) is 18.2. The SMILES string of the molecule is O=C(/C=C/c1ccc(OCc2ccccc2)cc1)c1cc(Cl)ccc1Cl. The maximum Gasteiger partial charge on any atom is 0.187 e. The predicted octanol–water partition coefficient (Wildman–Crippen LogP) is 6.47. The Morgan fingerprint density at radius 2 is 1.65 bits per heavy atom. The van der Waals surface area contributed by atoms with Crippen molar-refractivity contribution in [3.63, 3.8) is 0 Å². The minimum absolute atomic E-state index is 0.193. The minimum atomic E-state index is -0.193. The van der Waals surface area contributed by atoms with Crippen molar-refractivity contribution < 1.29 is 9.53 Å². The van der Waals surface area contributed by atoms with Gasteiger partial charge < -0.3 is 4.74 Å². The van der Waals surface area contributed by atoms with Gasteiger partial charge in [0.2, 0.25) is 0 Å². The van der Waals surface area contributed by atoms with Crippen molar-refractivity contribution in [1.82, 2.24) is 0 Å². The van der Waals surface area contributed by atoms with Gasteiger partial charge in [0.25, 0.3) is 0 Å². The molecule has 130 valence electrons. The summed E-state index contributed by atoms with van der Waals surface area (Å²) >= 11 is 12.0. The van der Waals surface area contributed by atoms with Gasteiger partial charge >= 0.3 is 0 Å². The number of carbonyl (C=O) groups excluding carboxylic acids is 1. The first-order valence-electron chi connectivity index (χ1n) is 8.06. The lowest BCUT2D eigenvalue weighted by Crippen LogP contribution is -1.96. The summed E-state index contributed by atoms with van der Waals surface area (Å²) in [5.74, 6) is 0.581. The monoisotopic (exact) mass is 382 g/mol. The summed E-state index contributed by atoms with van der Waals surface area (Å²) in [5.41, 5.74) is 2.39. The summed E-state index contributed by atoms with van der Waals surface area (Å²) in [4.78, 5) is 12.3. The Morgan fingerprint density at radius 1 is 0.923 bits per heavy atom. The van der Waals surface area contributed by atoms with Crippen LogP contribution >= 0.6 is 23.2 Å². The number of carbonyl (C=O) groups is 1. The zero-order valence-corrected chi connectivity index (χ0v) is 15.4. The topological polar surface area (TPSA) is 26.3 Å². The fourth-order valence-corrected chi connectivity index (χ4v) is 2.75. The van der Waals surface area contributed by atoms with Gasteiger partial charge in [-0.25, -0.2) is 0 Å². The van der Waals surface area contributed by atoms with Gasteiger partial charge in [-0.1, -0.05) is 71.7 Å². The molecular formula is C22H16Cl2O2. The van der Waals surface area contributed by atoms with Crippen LogP contribution < -0.4 is 4.74 Å². The Morgan fingerprint density at radius 3 is 2.38 bits per heavy atom. The van der Waals surface area contributed by atoms with Crippen LogP contribution in [0, 0.1) is 0 Å². The number of allylic oxidation sites excluding steroid dienone is 1. The number of hydrogen-bond acceptors (Lipinski definition) is 2. The highest BCUT2D eigenvalue weighted by Gasteiger charge is 2.08. The highest BCUT2D eigenvalue weighted by atomic mass is 35.5. The fraction of sp³-hybridized carbons (Fsp3) is 0.0455. The van der Waals surface area contributed by atoms with E-state index in [1.165, 1.54) is 6.08 Å². The lowest BCUT2D eigenvalue weighted by Gasteiger charge is -2.06. The average Bonchev–Trinajstić information content (AvgIpc) is 2.68. The van der Waals surface area contributed by atoms with Crippen molar-refractivity contribution in [1.29, 1.82) is 0 Å². The van der Waals surface area contributed by atoms with E-state index in [2.05, 4.69) is 0 Å². The molecule has 26 heavy (non-hydrogen) atoms. The average molecular weight is 383 g/mol. The van der Waals surface area contributed by atoms with Gasteiger partial charge in [-0.2, -0.15) is 0 Å². The number of benzene rings is 3. The van der Waals surface area contributed by atoms with Crippen molar-refractivity contribution in [2.75, 3.05) is 0 Å². The van der Waals surface area contributed by atoms with E-state index in [1.807, 2.05) is 54.6 Å². The molecule has 0 radical (unpaired) electrons. The molecule has 0 aliphatic heterocycles. The molecule has 0 amide bonds. The number of ether oxygens (including phenoxy) is 1. The van der Waals surface area contributed by atoms with E-state index >= 15 is 0 Å². The van der Waals surface area contributed by atoms with Gasteiger partial charge in [0, 0.05) is 10.6 Å². The quantitative estimate of drug-likeness (QED) is 0.360. The van der Waals surface area contributed by atoms with E-state index in [-0.39, 0.29) is 5.78 Å². The summed E-state index contributed by atoms with van der Waals surface area (Å²) < 4.78 is 5.75. The molecule has 3 aromatic rings. The first-order chi connectivity index (χ1) is 12.6. The zero-order chi connectivity index (χ0) is 18.4. The largest absolute Gasteiger partial charge is 0.489 e. The van der Waals surface area contributed by atoms with Crippen LogP contribution in [0.2, 0.25) is 10.0 Å². The second-order valence-electron chi connectivity index (χ2n) is 5.67. The van der Waals surface area contributed by atoms with E-state index in [9.17, 15) is 4.79 Å². The Hall–Kier alpha value is -2.55. The van der Waals surface area contributed by atoms with E-state index in [0.717, 1.165) is 16.9 Å². The third-order valence-corrected chi connectivity index (χ3v) is 4.31. The van der Waals surface area contributed by atoms with Crippen LogP contribution in [-0.4, -0.2) is 5.78 Å². The molecule has 3 aromatic carbocycles. The number of hydrogen-bond donors (Lipinski definition) is 0. The second-order valence-corrected chi connectivity index (χ2v) is 6.51. The fourth-order valence-electron chi connectivity index (χ4n) is 2.36. The first-order valence-corrected chi connectivity index (χ1v) is 8.82. The van der Waals surface area contributed by atoms with Gasteiger partial charge in [-0.05, 0) is 47.5 Å². The highest BCUT2D eigenvalue weighted by molar-refractivity contribution is 6.36. The van der Waals surface area contributed by atoms with Crippen molar-refractivity contribution in [3.05, 3.63) is 106 Å². The van der Waals surface area contributed by atoms with Crippen molar-refractivity contribution in [3.8, 4) is 5.75 Å². The smallest absolute Gasteiger partial charge is 0.187 e. The van der Waals surface area contributed by atoms with Gasteiger partial charge in [-0.15, -0.1) is 0 Å². The molecule has 0 aliphatic rings. The van der Waals surface area contributed by atoms with Crippen LogP contribution in [0.4, 0.5) is 0 Å². The van der Waals surface area contributed by atoms with Crippen LogP contribution in [0.3, 0.4) is 0 Å². The van der Waals surface area contributed by atoms with Gasteiger partial charge in [-0.3, -0.25) is 4.79 Å². The van der Waals surface area contributed by atoms with Crippen LogP contribution in [0.25, 0.3) is 6.08 Å². The molecule has 4 heteroatoms. The maximum absolute atomic E-state index is 12.3. The molecule has 0 saturated heterocycles. The number of rotatable bonds is 6. The van der Waals surface area contributed by atoms with E-state index in [1.54, 1.807) is 24.3 Å². The molecule has 0 bridgehead atoms. The molecule has 0 unspecified atom stereocenters. The third-order valence-electron chi connectivity index (χ3n) is 3.75. The summed E-state index contributed by atoms with van der Waals surface area (Å²) in [6, 6.07) is 22.3. The molecule has 3 rings (SSSR count). The Balaban J connectivity index is 1.62. The van der Waals surface area contributed by atoms with Gasteiger partial charge in [0.05, 0.1) is 5.02 Å². The van der Waals surface area contributed by atoms with Crippen LogP contribution in [0.5, 0.6) is 5.75 Å². The number of ketones is 1. The third kappa shape index (κ3) is 4.98. The van der Waals surface area contributed by atoms with E-state index in [4.69, 9.17) is 27.9 Å². The Bertz CT molecular complexity index is 917. The molecule has 0 heterocycles. The molecule has 0 atom stereocenters. The normalized spacial score (nSPS) is 10.8. The molecule has 0 N–H and O–H groups in total. The van der Waals surface area contributed by atoms with Gasteiger partial charge in [0.1, 0.15) is 12.4 Å². The summed E-state index contributed by atoms with van der Waals surface area (Å²) in [5, 5.41) is 0.861. The Labute approximate surface area is 162 Å². The van der Waals surface area contributed by atoms with Crippen molar-refractivity contribution in [2.45, 2.75) is 6.61 Å². The maximum atomic E-state index is 12.3. The molecule has 0 spiro atoms.